The van der Waals surface area contributed by atoms with Gasteiger partial charge in [0.25, 0.3) is 5.91 Å². The zero-order valence-corrected chi connectivity index (χ0v) is 30.7. The second kappa shape index (κ2) is 13.8. The van der Waals surface area contributed by atoms with E-state index in [1.165, 1.54) is 11.3 Å². The highest BCUT2D eigenvalue weighted by Crippen LogP contribution is 2.48. The Morgan fingerprint density at radius 1 is 0.962 bits per heavy atom. The van der Waals surface area contributed by atoms with Crippen LogP contribution >= 0.6 is 0 Å². The maximum absolute atomic E-state index is 13.3. The van der Waals surface area contributed by atoms with E-state index < -0.39 is 6.04 Å². The third-order valence-corrected chi connectivity index (χ3v) is 12.0. The Morgan fingerprint density at radius 3 is 2.40 bits per heavy atom. The Kier molecular flexibility index (Phi) is 9.05. The second-order valence-electron chi connectivity index (χ2n) is 15.6. The molecule has 8 rings (SSSR count). The van der Waals surface area contributed by atoms with E-state index in [-0.39, 0.29) is 29.6 Å². The first-order chi connectivity index (χ1) is 25.6. The molecular weight excluding hydrogens is 665 g/mol. The number of carbonyl (C=O) groups is 3. The first-order valence-corrected chi connectivity index (χ1v) is 19.0. The maximum atomic E-state index is 13.3. The van der Waals surface area contributed by atoms with Gasteiger partial charge in [0.1, 0.15) is 11.8 Å². The molecule has 0 spiro atoms. The monoisotopic (exact) mass is 710 g/mol. The summed E-state index contributed by atoms with van der Waals surface area (Å²) in [6.07, 6.45) is 6.92. The van der Waals surface area contributed by atoms with Crippen LogP contribution in [0.3, 0.4) is 0 Å². The summed E-state index contributed by atoms with van der Waals surface area (Å²) in [5, 5.41) is 20.0. The molecule has 1 atom stereocenters. The summed E-state index contributed by atoms with van der Waals surface area (Å²) in [6.45, 7) is 8.23. The van der Waals surface area contributed by atoms with Crippen LogP contribution in [0.5, 0.6) is 0 Å². The van der Waals surface area contributed by atoms with Crippen LogP contribution in [0.4, 0.5) is 17.1 Å². The molecule has 1 unspecified atom stereocenters. The zero-order valence-electron chi connectivity index (χ0n) is 30.7. The highest BCUT2D eigenvalue weighted by molar-refractivity contribution is 6.05. The van der Waals surface area contributed by atoms with E-state index in [2.05, 4.69) is 76.1 Å². The van der Waals surface area contributed by atoms with E-state index in [4.69, 9.17) is 4.52 Å². The van der Waals surface area contributed by atoms with Crippen molar-refractivity contribution in [3.63, 3.8) is 0 Å². The number of nitrogens with zero attached hydrogens (tertiary/aromatic N) is 4. The minimum atomic E-state index is -0.608. The molecule has 2 N–H and O–H groups in total. The van der Waals surface area contributed by atoms with Crippen molar-refractivity contribution in [2.45, 2.75) is 90.1 Å². The minimum Gasteiger partial charge on any atom is -0.385 e. The fraction of sp³-hybridized carbons (Fsp3) is 0.419. The van der Waals surface area contributed by atoms with Crippen LogP contribution in [0.15, 0.2) is 65.2 Å². The number of piperidine rings is 1. The number of nitriles is 1. The summed E-state index contributed by atoms with van der Waals surface area (Å²) in [5.74, 6) is 1.03. The van der Waals surface area contributed by atoms with Crippen molar-refractivity contribution in [1.82, 2.24) is 15.4 Å². The SMILES string of the molecule is Cc1ccc(-c2c(C)noc2C)cc1N(CC1CCC(CNc2ccc3c(c2)C(=O)N(C2CCC(=O)NC2=O)C3)CC1)c1ccc(C2(C#N)CC2)cc1. The Hall–Kier alpha value is -5.43. The number of imide groups is 1. The smallest absolute Gasteiger partial charge is 0.255 e. The standard InChI is InChI=1S/C43H46N6O4/c1-26-4-9-31(40-27(2)47-53-28(40)3)20-38(26)48(35-14-11-33(12-15-35)43(25-44)18-19-43)23-30-7-5-29(6-8-30)22-45-34-13-10-32-24-49(42(52)36(32)21-34)37-16-17-39(50)46-41(37)51/h4,9-15,20-21,29-30,37,45H,5-8,16-19,22-24H2,1-3H3,(H,46,50,51). The lowest BCUT2D eigenvalue weighted by Gasteiger charge is -2.35. The van der Waals surface area contributed by atoms with Gasteiger partial charge in [-0.15, -0.1) is 0 Å². The van der Waals surface area contributed by atoms with Gasteiger partial charge in [0, 0.05) is 54.2 Å². The lowest BCUT2D eigenvalue weighted by molar-refractivity contribution is -0.136. The van der Waals surface area contributed by atoms with Crippen molar-refractivity contribution >= 4 is 34.8 Å². The topological polar surface area (TPSA) is 132 Å². The molecule has 3 fully saturated rings. The van der Waals surface area contributed by atoms with Crippen molar-refractivity contribution in [3.8, 4) is 17.2 Å². The molecule has 10 heteroatoms. The molecule has 3 amide bonds. The number of fused-ring (bicyclic) bond motifs is 1. The van der Waals surface area contributed by atoms with Crippen molar-refractivity contribution < 1.29 is 18.9 Å². The van der Waals surface area contributed by atoms with Gasteiger partial charge in [-0.1, -0.05) is 35.5 Å². The average Bonchev–Trinajstić information content (AvgIpc) is 3.81. The molecule has 2 aliphatic carbocycles. The molecule has 272 valence electrons. The first-order valence-electron chi connectivity index (χ1n) is 19.0. The van der Waals surface area contributed by atoms with Gasteiger partial charge >= 0.3 is 0 Å². The number of nitrogens with one attached hydrogen (secondary N) is 2. The number of anilines is 3. The number of rotatable bonds is 10. The summed E-state index contributed by atoms with van der Waals surface area (Å²) in [5.41, 5.74) is 9.76. The van der Waals surface area contributed by atoms with Gasteiger partial charge in [0.05, 0.1) is 17.2 Å². The highest BCUT2D eigenvalue weighted by Gasteiger charge is 2.45. The highest BCUT2D eigenvalue weighted by atomic mass is 16.5. The Morgan fingerprint density at radius 2 is 1.72 bits per heavy atom. The minimum absolute atomic E-state index is 0.151. The molecule has 53 heavy (non-hydrogen) atoms. The number of aryl methyl sites for hydroxylation is 3. The van der Waals surface area contributed by atoms with E-state index in [1.54, 1.807) is 4.90 Å². The number of carbonyl (C=O) groups excluding carboxylic acids is 3. The fourth-order valence-electron chi connectivity index (χ4n) is 8.65. The number of aromatic nitrogens is 1. The summed E-state index contributed by atoms with van der Waals surface area (Å²) < 4.78 is 5.53. The third-order valence-electron chi connectivity index (χ3n) is 12.0. The first kappa shape index (κ1) is 34.6. The fourth-order valence-corrected chi connectivity index (χ4v) is 8.65. The van der Waals surface area contributed by atoms with Crippen LogP contribution in [-0.4, -0.2) is 46.9 Å². The Balaban J connectivity index is 0.939. The van der Waals surface area contributed by atoms with E-state index in [0.717, 1.165) is 96.7 Å². The van der Waals surface area contributed by atoms with Crippen LogP contribution in [0.2, 0.25) is 0 Å². The van der Waals surface area contributed by atoms with Crippen molar-refractivity contribution in [2.24, 2.45) is 11.8 Å². The Labute approximate surface area is 310 Å². The Bertz CT molecular complexity index is 2100. The van der Waals surface area contributed by atoms with Gasteiger partial charge < -0.3 is 19.6 Å². The van der Waals surface area contributed by atoms with Crippen LogP contribution in [-0.2, 0) is 21.5 Å². The summed E-state index contributed by atoms with van der Waals surface area (Å²) >= 11 is 0. The molecule has 2 aliphatic heterocycles. The van der Waals surface area contributed by atoms with E-state index in [1.807, 2.05) is 32.0 Å². The maximum Gasteiger partial charge on any atom is 0.255 e. The van der Waals surface area contributed by atoms with Gasteiger partial charge in [-0.05, 0) is 130 Å². The van der Waals surface area contributed by atoms with E-state index >= 15 is 0 Å². The van der Waals surface area contributed by atoms with Gasteiger partial charge in [0.2, 0.25) is 11.8 Å². The predicted molar refractivity (Wildman–Crippen MR) is 203 cm³/mol. The molecule has 1 saturated heterocycles. The van der Waals surface area contributed by atoms with Crippen LogP contribution < -0.4 is 15.5 Å². The largest absolute Gasteiger partial charge is 0.385 e. The molecule has 4 aromatic rings. The summed E-state index contributed by atoms with van der Waals surface area (Å²) in [4.78, 5) is 41.5. The molecule has 10 nitrogen and oxygen atoms in total. The van der Waals surface area contributed by atoms with Gasteiger partial charge in [0.15, 0.2) is 0 Å². The molecule has 3 aromatic carbocycles. The quantitative estimate of drug-likeness (QED) is 0.161. The van der Waals surface area contributed by atoms with Gasteiger partial charge in [-0.2, -0.15) is 5.26 Å². The van der Waals surface area contributed by atoms with Crippen LogP contribution in [0.25, 0.3) is 11.1 Å². The van der Waals surface area contributed by atoms with E-state index in [0.29, 0.717) is 30.4 Å². The molecule has 1 aromatic heterocycles. The number of benzene rings is 3. The molecule has 3 heterocycles. The molecule has 0 bridgehead atoms. The molecule has 0 radical (unpaired) electrons. The van der Waals surface area contributed by atoms with Crippen molar-refractivity contribution in [1.29, 1.82) is 5.26 Å². The van der Waals surface area contributed by atoms with Crippen LogP contribution in [0.1, 0.15) is 89.9 Å². The third kappa shape index (κ3) is 6.69. The lowest BCUT2D eigenvalue weighted by atomic mass is 9.81. The predicted octanol–water partition coefficient (Wildman–Crippen LogP) is 7.64. The second-order valence-corrected chi connectivity index (χ2v) is 15.6. The lowest BCUT2D eigenvalue weighted by Crippen LogP contribution is -2.52. The van der Waals surface area contributed by atoms with Crippen LogP contribution in [0, 0.1) is 43.9 Å². The van der Waals surface area contributed by atoms with Gasteiger partial charge in [-0.25, -0.2) is 0 Å². The molecule has 2 saturated carbocycles. The van der Waals surface area contributed by atoms with Gasteiger partial charge in [-0.3, -0.25) is 19.7 Å². The normalized spacial score (nSPS) is 21.9. The van der Waals surface area contributed by atoms with Crippen molar-refractivity contribution in [2.75, 3.05) is 23.3 Å². The number of hydrogen-bond donors (Lipinski definition) is 2. The van der Waals surface area contributed by atoms with E-state index in [9.17, 15) is 19.6 Å². The summed E-state index contributed by atoms with van der Waals surface area (Å²) in [6, 6.07) is 23.1. The number of amides is 3. The average molecular weight is 711 g/mol. The molecule has 4 aliphatic rings. The zero-order chi connectivity index (χ0) is 36.9. The molecular formula is C43H46N6O4. The van der Waals surface area contributed by atoms with Crippen molar-refractivity contribution in [3.05, 3.63) is 94.4 Å². The summed E-state index contributed by atoms with van der Waals surface area (Å²) in [7, 11) is 0. The number of hydrogen-bond acceptors (Lipinski definition) is 8.